The van der Waals surface area contributed by atoms with E-state index in [4.69, 9.17) is 27.6 Å². The molecule has 0 atom stereocenters. The van der Waals surface area contributed by atoms with Crippen LogP contribution in [0.25, 0.3) is 32.7 Å². The van der Waals surface area contributed by atoms with Crippen LogP contribution in [0.4, 0.5) is 11.4 Å². The number of fused-ring (bicyclic) bond motifs is 1. The predicted molar refractivity (Wildman–Crippen MR) is 189 cm³/mol. The smallest absolute Gasteiger partial charge is 0.190 e. The maximum atomic E-state index is 12.1. The minimum absolute atomic E-state index is 0.128. The maximum absolute atomic E-state index is 12.1. The quantitative estimate of drug-likeness (QED) is 0.135. The molecular formula is C37H32ClN5O4S. The van der Waals surface area contributed by atoms with Crippen LogP contribution in [-0.2, 0) is 22.9 Å². The van der Waals surface area contributed by atoms with E-state index >= 15 is 0 Å². The summed E-state index contributed by atoms with van der Waals surface area (Å²) in [5.74, 6) is 2.07. The number of pyridine rings is 2. The molecule has 9 nitrogen and oxygen atoms in total. The Morgan fingerprint density at radius 1 is 0.875 bits per heavy atom. The highest BCUT2D eigenvalue weighted by atomic mass is 35.5. The van der Waals surface area contributed by atoms with Crippen LogP contribution in [0.3, 0.4) is 0 Å². The second-order valence-corrected chi connectivity index (χ2v) is 13.8. The second kappa shape index (κ2) is 13.4. The largest absolute Gasteiger partial charge is 0.497 e. The fraction of sp³-hybridized carbons (Fsp3) is 0.162. The van der Waals surface area contributed by atoms with E-state index in [9.17, 15) is 8.42 Å². The van der Waals surface area contributed by atoms with E-state index in [1.165, 1.54) is 12.3 Å². The molecule has 6 aromatic rings. The molecule has 0 saturated carbocycles. The summed E-state index contributed by atoms with van der Waals surface area (Å²) in [7, 11) is -0.135. The van der Waals surface area contributed by atoms with Gasteiger partial charge in [0.2, 0.25) is 0 Å². The van der Waals surface area contributed by atoms with Crippen molar-refractivity contribution >= 4 is 43.7 Å². The van der Waals surface area contributed by atoms with Gasteiger partial charge in [0.1, 0.15) is 17.3 Å². The molecule has 0 aliphatic carbocycles. The maximum Gasteiger partial charge on any atom is 0.190 e. The molecule has 0 aliphatic rings. The third-order valence-corrected chi connectivity index (χ3v) is 9.69. The topological polar surface area (TPSA) is 90.9 Å². The number of methoxy groups -OCH3 is 2. The summed E-state index contributed by atoms with van der Waals surface area (Å²) >= 11 is 7.32. The van der Waals surface area contributed by atoms with Crippen molar-refractivity contribution in [2.75, 3.05) is 25.4 Å². The average molecular weight is 678 g/mol. The van der Waals surface area contributed by atoms with Crippen LogP contribution in [0.1, 0.15) is 16.7 Å². The van der Waals surface area contributed by atoms with Crippen molar-refractivity contribution in [2.24, 2.45) is 0 Å². The average Bonchev–Trinajstić information content (AvgIpc) is 3.45. The lowest BCUT2D eigenvalue weighted by Gasteiger charge is -2.27. The van der Waals surface area contributed by atoms with Crippen molar-refractivity contribution in [2.45, 2.75) is 24.9 Å². The van der Waals surface area contributed by atoms with Crippen molar-refractivity contribution in [3.05, 3.63) is 131 Å². The number of halogens is 1. The molecule has 3 aromatic heterocycles. The van der Waals surface area contributed by atoms with E-state index in [1.807, 2.05) is 78.4 Å². The first-order valence-corrected chi connectivity index (χ1v) is 17.2. The zero-order valence-electron chi connectivity index (χ0n) is 26.8. The number of nitrogens with zero attached hydrogens (tertiary/aromatic N) is 5. The molecular weight excluding hydrogens is 646 g/mol. The van der Waals surface area contributed by atoms with Gasteiger partial charge in [-0.3, -0.25) is 4.98 Å². The van der Waals surface area contributed by atoms with Crippen LogP contribution in [0.2, 0.25) is 5.02 Å². The van der Waals surface area contributed by atoms with Gasteiger partial charge >= 0.3 is 0 Å². The Morgan fingerprint density at radius 3 is 2.02 bits per heavy atom. The standard InChI is InChI=1S/C37H32ClN5O4S/c1-24-16-34-30(17-33(24)39-2)32(23-43(34)36-15-14-29(18-41-36)48(5,44)45)31-19-40-20-35(37(31)38)42(21-25-6-10-27(46-3)11-7-25)22-26-8-12-28(47-4)13-9-26/h6-20,23H,21-22H2,1,3-5H3. The first-order valence-electron chi connectivity index (χ1n) is 14.9. The summed E-state index contributed by atoms with van der Waals surface area (Å²) in [4.78, 5) is 15.2. The van der Waals surface area contributed by atoms with Crippen molar-refractivity contribution in [3.63, 3.8) is 0 Å². The Hall–Kier alpha value is -5.37. The van der Waals surface area contributed by atoms with Crippen molar-refractivity contribution < 1.29 is 17.9 Å². The molecule has 242 valence electrons. The Balaban J connectivity index is 1.49. The number of hydrogen-bond acceptors (Lipinski definition) is 7. The zero-order chi connectivity index (χ0) is 34.0. The Bertz CT molecular complexity index is 2210. The van der Waals surface area contributed by atoms with Crippen LogP contribution < -0.4 is 14.4 Å². The van der Waals surface area contributed by atoms with E-state index in [0.29, 0.717) is 35.2 Å². The molecule has 11 heteroatoms. The summed E-state index contributed by atoms with van der Waals surface area (Å²) in [6.45, 7) is 10.7. The van der Waals surface area contributed by atoms with Crippen LogP contribution in [0.15, 0.2) is 102 Å². The van der Waals surface area contributed by atoms with E-state index in [0.717, 1.165) is 56.6 Å². The van der Waals surface area contributed by atoms with Crippen molar-refractivity contribution in [1.29, 1.82) is 0 Å². The van der Waals surface area contributed by atoms with Crippen molar-refractivity contribution in [1.82, 2.24) is 14.5 Å². The SMILES string of the molecule is [C-]#[N+]c1cc2c(-c3cncc(N(Cc4ccc(OC)cc4)Cc4ccc(OC)cc4)c3Cl)cn(-c3ccc(S(C)(=O)=O)cn3)c2cc1C. The Morgan fingerprint density at radius 2 is 1.50 bits per heavy atom. The lowest BCUT2D eigenvalue weighted by atomic mass is 10.0. The van der Waals surface area contributed by atoms with Gasteiger partial charge in [0.25, 0.3) is 0 Å². The molecule has 0 aliphatic heterocycles. The third kappa shape index (κ3) is 6.56. The van der Waals surface area contributed by atoms with E-state index in [1.54, 1.807) is 32.7 Å². The normalized spacial score (nSPS) is 11.3. The summed E-state index contributed by atoms with van der Waals surface area (Å²) in [5.41, 5.74) is 6.41. The highest BCUT2D eigenvalue weighted by Gasteiger charge is 2.21. The van der Waals surface area contributed by atoms with E-state index in [-0.39, 0.29) is 4.90 Å². The molecule has 0 fully saturated rings. The molecule has 0 N–H and O–H groups in total. The van der Waals surface area contributed by atoms with Gasteiger partial charge in [-0.05, 0) is 77.5 Å². The Kier molecular flexibility index (Phi) is 9.09. The molecule has 0 saturated heterocycles. The number of hydrogen-bond donors (Lipinski definition) is 0. The fourth-order valence-electron chi connectivity index (χ4n) is 5.59. The number of sulfone groups is 1. The Labute approximate surface area is 284 Å². The number of ether oxygens (including phenoxy) is 2. The summed E-state index contributed by atoms with van der Waals surface area (Å²) in [6.07, 6.45) is 7.89. The van der Waals surface area contributed by atoms with Gasteiger partial charge in [-0.15, -0.1) is 0 Å². The minimum Gasteiger partial charge on any atom is -0.497 e. The number of aromatic nitrogens is 3. The summed E-state index contributed by atoms with van der Waals surface area (Å²) in [5, 5.41) is 1.29. The third-order valence-electron chi connectivity index (χ3n) is 8.20. The fourth-order valence-corrected chi connectivity index (χ4v) is 6.47. The van der Waals surface area contributed by atoms with Gasteiger partial charge in [-0.25, -0.2) is 18.2 Å². The lowest BCUT2D eigenvalue weighted by Crippen LogP contribution is -2.22. The highest BCUT2D eigenvalue weighted by Crippen LogP contribution is 2.42. The zero-order valence-corrected chi connectivity index (χ0v) is 28.4. The molecule has 0 unspecified atom stereocenters. The summed E-state index contributed by atoms with van der Waals surface area (Å²) < 4.78 is 36.8. The van der Waals surface area contributed by atoms with Gasteiger partial charge in [-0.1, -0.05) is 35.9 Å². The van der Waals surface area contributed by atoms with E-state index in [2.05, 4.69) is 19.7 Å². The molecule has 0 spiro atoms. The monoisotopic (exact) mass is 677 g/mol. The van der Waals surface area contributed by atoms with Gasteiger partial charge in [0.15, 0.2) is 15.5 Å². The predicted octanol–water partition coefficient (Wildman–Crippen LogP) is 8.23. The number of anilines is 1. The lowest BCUT2D eigenvalue weighted by molar-refractivity contribution is 0.414. The second-order valence-electron chi connectivity index (χ2n) is 11.4. The molecule has 3 heterocycles. The highest BCUT2D eigenvalue weighted by molar-refractivity contribution is 7.90. The minimum atomic E-state index is -3.42. The molecule has 0 amide bonds. The van der Waals surface area contributed by atoms with Crippen LogP contribution >= 0.6 is 11.6 Å². The van der Waals surface area contributed by atoms with Gasteiger partial charge in [0.05, 0.1) is 48.1 Å². The van der Waals surface area contributed by atoms with Crippen molar-refractivity contribution in [3.8, 4) is 28.4 Å². The molecule has 48 heavy (non-hydrogen) atoms. The first kappa shape index (κ1) is 32.6. The summed E-state index contributed by atoms with van der Waals surface area (Å²) in [6, 6.07) is 22.8. The number of aryl methyl sites for hydroxylation is 1. The number of benzene rings is 3. The molecule has 6 rings (SSSR count). The van der Waals surface area contributed by atoms with Crippen LogP contribution in [0, 0.1) is 13.5 Å². The first-order chi connectivity index (χ1) is 23.1. The van der Waals surface area contributed by atoms with Gasteiger partial charge in [-0.2, -0.15) is 0 Å². The van der Waals surface area contributed by atoms with E-state index < -0.39 is 9.84 Å². The molecule has 3 aromatic carbocycles. The van der Waals surface area contributed by atoms with Gasteiger partial charge < -0.3 is 18.9 Å². The van der Waals surface area contributed by atoms with Gasteiger partial charge in [0, 0.05) is 49.1 Å². The van der Waals surface area contributed by atoms with Crippen LogP contribution in [-0.4, -0.2) is 43.4 Å². The number of rotatable bonds is 10. The van der Waals surface area contributed by atoms with Crippen LogP contribution in [0.5, 0.6) is 11.5 Å². The molecule has 0 bridgehead atoms. The molecule has 0 radical (unpaired) electrons.